The zero-order chi connectivity index (χ0) is 14.6. The molecule has 1 N–H and O–H groups in total. The maximum absolute atomic E-state index is 12.4. The fourth-order valence-electron chi connectivity index (χ4n) is 1.75. The van der Waals surface area contributed by atoms with Gasteiger partial charge in [-0.1, -0.05) is 6.07 Å². The molecule has 0 aliphatic heterocycles. The molecule has 19 heavy (non-hydrogen) atoms. The predicted molar refractivity (Wildman–Crippen MR) is 72.0 cm³/mol. The number of carbonyl (C=O) groups excluding carboxylic acids is 1. The molecule has 5 nitrogen and oxygen atoms in total. The van der Waals surface area contributed by atoms with Crippen LogP contribution in [0.4, 0.5) is 0 Å². The van der Waals surface area contributed by atoms with E-state index in [1.54, 1.807) is 17.0 Å². The van der Waals surface area contributed by atoms with Crippen LogP contribution in [0.1, 0.15) is 43.4 Å². The highest BCUT2D eigenvalue weighted by Crippen LogP contribution is 2.17. The van der Waals surface area contributed by atoms with Gasteiger partial charge in [0.2, 0.25) is 0 Å². The van der Waals surface area contributed by atoms with Crippen molar-refractivity contribution in [2.24, 2.45) is 0 Å². The van der Waals surface area contributed by atoms with Crippen LogP contribution in [0.2, 0.25) is 0 Å². The fourth-order valence-corrected chi connectivity index (χ4v) is 1.75. The summed E-state index contributed by atoms with van der Waals surface area (Å²) in [5, 5.41) is 8.77. The molecular weight excluding hydrogens is 244 g/mol. The third-order valence-corrected chi connectivity index (χ3v) is 2.71. The molecule has 1 heterocycles. The Hall–Kier alpha value is -1.91. The molecule has 1 aromatic heterocycles. The van der Waals surface area contributed by atoms with E-state index in [9.17, 15) is 9.59 Å². The van der Waals surface area contributed by atoms with Gasteiger partial charge in [-0.05, 0) is 39.8 Å². The quantitative estimate of drug-likeness (QED) is 0.904. The van der Waals surface area contributed by atoms with E-state index in [0.29, 0.717) is 5.69 Å². The Morgan fingerprint density at radius 3 is 2.42 bits per heavy atom. The molecule has 0 atom stereocenters. The molecule has 0 spiro atoms. The van der Waals surface area contributed by atoms with Crippen LogP contribution in [0.3, 0.4) is 0 Å². The molecule has 5 heteroatoms. The van der Waals surface area contributed by atoms with Crippen LogP contribution in [-0.4, -0.2) is 39.0 Å². The summed E-state index contributed by atoms with van der Waals surface area (Å²) in [6.45, 7) is 7.62. The standard InChI is InChI=1S/C14H20N2O3/c1-10-6-5-7-11(15-10)13(19)16(14(2,3)4)9-8-12(17)18/h5-7H,8-9H2,1-4H3,(H,17,18). The number of nitrogens with zero attached hydrogens (tertiary/aromatic N) is 2. The Morgan fingerprint density at radius 1 is 1.32 bits per heavy atom. The molecule has 0 aliphatic carbocycles. The number of hydrogen-bond donors (Lipinski definition) is 1. The largest absolute Gasteiger partial charge is 0.481 e. The number of hydrogen-bond acceptors (Lipinski definition) is 3. The summed E-state index contributed by atoms with van der Waals surface area (Å²) in [6.07, 6.45) is -0.0746. The van der Waals surface area contributed by atoms with Crippen molar-refractivity contribution < 1.29 is 14.7 Å². The van der Waals surface area contributed by atoms with E-state index in [4.69, 9.17) is 5.11 Å². The van der Waals surface area contributed by atoms with Crippen LogP contribution in [-0.2, 0) is 4.79 Å². The SMILES string of the molecule is Cc1cccc(C(=O)N(CCC(=O)O)C(C)(C)C)n1. The number of amides is 1. The van der Waals surface area contributed by atoms with Crippen LogP contribution < -0.4 is 0 Å². The van der Waals surface area contributed by atoms with Gasteiger partial charge in [0, 0.05) is 17.8 Å². The average molecular weight is 264 g/mol. The molecule has 0 aliphatic rings. The monoisotopic (exact) mass is 264 g/mol. The summed E-state index contributed by atoms with van der Waals surface area (Å²) in [4.78, 5) is 28.9. The number of aliphatic carboxylic acids is 1. The summed E-state index contributed by atoms with van der Waals surface area (Å²) in [7, 11) is 0. The highest BCUT2D eigenvalue weighted by atomic mass is 16.4. The minimum atomic E-state index is -0.917. The minimum absolute atomic E-state index is 0.0746. The molecule has 1 rings (SSSR count). The maximum Gasteiger partial charge on any atom is 0.305 e. The normalized spacial score (nSPS) is 11.2. The smallest absolute Gasteiger partial charge is 0.305 e. The molecule has 104 valence electrons. The topological polar surface area (TPSA) is 70.5 Å². The van der Waals surface area contributed by atoms with Gasteiger partial charge < -0.3 is 10.0 Å². The van der Waals surface area contributed by atoms with Gasteiger partial charge in [0.05, 0.1) is 6.42 Å². The lowest BCUT2D eigenvalue weighted by Gasteiger charge is -2.35. The van der Waals surface area contributed by atoms with Gasteiger partial charge in [0.1, 0.15) is 5.69 Å². The second-order valence-electron chi connectivity index (χ2n) is 5.44. The summed E-state index contributed by atoms with van der Waals surface area (Å²) < 4.78 is 0. The Labute approximate surface area is 113 Å². The predicted octanol–water partition coefficient (Wildman–Crippen LogP) is 2.11. The van der Waals surface area contributed by atoms with Crippen LogP contribution in [0.5, 0.6) is 0 Å². The first-order valence-electron chi connectivity index (χ1n) is 6.19. The highest BCUT2D eigenvalue weighted by molar-refractivity contribution is 5.93. The van der Waals surface area contributed by atoms with E-state index in [1.165, 1.54) is 0 Å². The lowest BCUT2D eigenvalue weighted by molar-refractivity contribution is -0.137. The van der Waals surface area contributed by atoms with Crippen molar-refractivity contribution in [1.82, 2.24) is 9.88 Å². The molecule has 0 bridgehead atoms. The van der Waals surface area contributed by atoms with E-state index in [0.717, 1.165) is 5.69 Å². The molecular formula is C14H20N2O3. The number of pyridine rings is 1. The maximum atomic E-state index is 12.4. The number of aryl methyl sites for hydroxylation is 1. The second kappa shape index (κ2) is 5.82. The van der Waals surface area contributed by atoms with Gasteiger partial charge in [-0.3, -0.25) is 9.59 Å². The Morgan fingerprint density at radius 2 is 1.95 bits per heavy atom. The Bertz CT molecular complexity index is 478. The summed E-state index contributed by atoms with van der Waals surface area (Å²) >= 11 is 0. The fraction of sp³-hybridized carbons (Fsp3) is 0.500. The van der Waals surface area contributed by atoms with Gasteiger partial charge in [0.25, 0.3) is 5.91 Å². The van der Waals surface area contributed by atoms with Crippen LogP contribution in [0.25, 0.3) is 0 Å². The molecule has 0 fully saturated rings. The van der Waals surface area contributed by atoms with Crippen molar-refractivity contribution in [2.75, 3.05) is 6.54 Å². The zero-order valence-electron chi connectivity index (χ0n) is 11.8. The highest BCUT2D eigenvalue weighted by Gasteiger charge is 2.28. The van der Waals surface area contributed by atoms with Crippen molar-refractivity contribution in [3.05, 3.63) is 29.6 Å². The third kappa shape index (κ3) is 4.35. The number of rotatable bonds is 4. The first kappa shape index (κ1) is 15.1. The Kier molecular flexibility index (Phi) is 4.64. The lowest BCUT2D eigenvalue weighted by Crippen LogP contribution is -2.46. The minimum Gasteiger partial charge on any atom is -0.481 e. The number of aromatic nitrogens is 1. The zero-order valence-corrected chi connectivity index (χ0v) is 11.8. The molecule has 0 unspecified atom stereocenters. The summed E-state index contributed by atoms with van der Waals surface area (Å²) in [5.41, 5.74) is 0.663. The van der Waals surface area contributed by atoms with E-state index >= 15 is 0 Å². The van der Waals surface area contributed by atoms with Crippen molar-refractivity contribution in [3.63, 3.8) is 0 Å². The van der Waals surface area contributed by atoms with Gasteiger partial charge in [-0.2, -0.15) is 0 Å². The molecule has 1 amide bonds. The third-order valence-electron chi connectivity index (χ3n) is 2.71. The second-order valence-corrected chi connectivity index (χ2v) is 5.44. The summed E-state index contributed by atoms with van der Waals surface area (Å²) in [6, 6.07) is 5.23. The first-order valence-corrected chi connectivity index (χ1v) is 6.19. The number of carboxylic acids is 1. The van der Waals surface area contributed by atoms with Crippen molar-refractivity contribution in [3.8, 4) is 0 Å². The van der Waals surface area contributed by atoms with E-state index in [2.05, 4.69) is 4.98 Å². The molecule has 0 aromatic carbocycles. The molecule has 0 radical (unpaired) electrons. The average Bonchev–Trinajstić information content (AvgIpc) is 2.26. The molecule has 0 saturated carbocycles. The van der Waals surface area contributed by atoms with Crippen LogP contribution in [0, 0.1) is 6.92 Å². The van der Waals surface area contributed by atoms with Gasteiger partial charge in [-0.25, -0.2) is 4.98 Å². The molecule has 1 aromatic rings. The van der Waals surface area contributed by atoms with Gasteiger partial charge >= 0.3 is 5.97 Å². The van der Waals surface area contributed by atoms with Crippen molar-refractivity contribution >= 4 is 11.9 Å². The Balaban J connectivity index is 2.97. The van der Waals surface area contributed by atoms with Gasteiger partial charge in [0.15, 0.2) is 0 Å². The van der Waals surface area contributed by atoms with Crippen LogP contribution in [0.15, 0.2) is 18.2 Å². The molecule has 0 saturated heterocycles. The number of carboxylic acid groups (broad SMARTS) is 1. The van der Waals surface area contributed by atoms with Gasteiger partial charge in [-0.15, -0.1) is 0 Å². The van der Waals surface area contributed by atoms with Crippen molar-refractivity contribution in [2.45, 2.75) is 39.7 Å². The number of carbonyl (C=O) groups is 2. The first-order chi connectivity index (χ1) is 8.71. The van der Waals surface area contributed by atoms with E-state index in [1.807, 2.05) is 33.8 Å². The van der Waals surface area contributed by atoms with E-state index in [-0.39, 0.29) is 18.9 Å². The van der Waals surface area contributed by atoms with E-state index < -0.39 is 11.5 Å². The van der Waals surface area contributed by atoms with Crippen LogP contribution >= 0.6 is 0 Å². The lowest BCUT2D eigenvalue weighted by atomic mass is 10.0. The van der Waals surface area contributed by atoms with Crippen molar-refractivity contribution in [1.29, 1.82) is 0 Å². The summed E-state index contributed by atoms with van der Waals surface area (Å²) in [5.74, 6) is -1.16.